The fourth-order valence-corrected chi connectivity index (χ4v) is 3.25. The summed E-state index contributed by atoms with van der Waals surface area (Å²) in [6.45, 7) is 4.57. The summed E-state index contributed by atoms with van der Waals surface area (Å²) in [4.78, 5) is 0. The molecule has 19 heavy (non-hydrogen) atoms. The first-order chi connectivity index (χ1) is 9.06. The molecule has 1 aliphatic rings. The van der Waals surface area contributed by atoms with Gasteiger partial charge >= 0.3 is 0 Å². The van der Waals surface area contributed by atoms with E-state index in [4.69, 9.17) is 5.73 Å². The predicted octanol–water partition coefficient (Wildman–Crippen LogP) is 3.96. The van der Waals surface area contributed by atoms with Gasteiger partial charge in [0, 0.05) is 6.04 Å². The lowest BCUT2D eigenvalue weighted by Crippen LogP contribution is -2.14. The zero-order chi connectivity index (χ0) is 13.5. The minimum atomic E-state index is 0.195. The summed E-state index contributed by atoms with van der Waals surface area (Å²) in [5.74, 6) is 0. The van der Waals surface area contributed by atoms with Crippen molar-refractivity contribution in [3.63, 3.8) is 0 Å². The lowest BCUT2D eigenvalue weighted by molar-refractivity contribution is 0.481. The van der Waals surface area contributed by atoms with Crippen molar-refractivity contribution in [2.24, 2.45) is 5.73 Å². The largest absolute Gasteiger partial charge is 0.324 e. The van der Waals surface area contributed by atoms with E-state index in [2.05, 4.69) is 62.4 Å². The Hall–Kier alpha value is -1.60. The topological polar surface area (TPSA) is 26.0 Å². The van der Waals surface area contributed by atoms with E-state index < -0.39 is 0 Å². The maximum Gasteiger partial charge on any atom is 0.0306 e. The molecular formula is C18H21N. The van der Waals surface area contributed by atoms with Gasteiger partial charge in [0.1, 0.15) is 0 Å². The second-order valence-electron chi connectivity index (χ2n) is 6.28. The first-order valence-electron chi connectivity index (χ1n) is 6.99. The summed E-state index contributed by atoms with van der Waals surface area (Å²) in [6, 6.07) is 17.6. The predicted molar refractivity (Wildman–Crippen MR) is 80.3 cm³/mol. The molecule has 0 bridgehead atoms. The normalized spacial score (nSPS) is 20.3. The van der Waals surface area contributed by atoms with Crippen molar-refractivity contribution in [3.8, 4) is 0 Å². The van der Waals surface area contributed by atoms with Gasteiger partial charge in [0.25, 0.3) is 0 Å². The average molecular weight is 251 g/mol. The summed E-state index contributed by atoms with van der Waals surface area (Å²) < 4.78 is 0. The quantitative estimate of drug-likeness (QED) is 0.859. The molecule has 2 aromatic carbocycles. The third-order valence-corrected chi connectivity index (χ3v) is 4.23. The average Bonchev–Trinajstić information content (AvgIpc) is 2.61. The fourth-order valence-electron chi connectivity index (χ4n) is 3.25. The van der Waals surface area contributed by atoms with Crippen molar-refractivity contribution < 1.29 is 0 Å². The number of fused-ring (bicyclic) bond motifs is 1. The molecule has 2 N–H and O–H groups in total. The van der Waals surface area contributed by atoms with Crippen LogP contribution >= 0.6 is 0 Å². The Morgan fingerprint density at radius 2 is 1.79 bits per heavy atom. The van der Waals surface area contributed by atoms with Crippen LogP contribution in [-0.4, -0.2) is 0 Å². The monoisotopic (exact) mass is 251 g/mol. The molecule has 0 radical (unpaired) electrons. The van der Waals surface area contributed by atoms with Gasteiger partial charge in [-0.15, -0.1) is 0 Å². The van der Waals surface area contributed by atoms with Crippen LogP contribution in [0.15, 0.2) is 48.5 Å². The molecule has 1 atom stereocenters. The van der Waals surface area contributed by atoms with Crippen molar-refractivity contribution in [1.82, 2.24) is 0 Å². The van der Waals surface area contributed by atoms with Crippen molar-refractivity contribution in [3.05, 3.63) is 70.8 Å². The molecule has 1 aliphatic carbocycles. The Morgan fingerprint density at radius 3 is 2.53 bits per heavy atom. The van der Waals surface area contributed by atoms with E-state index in [1.54, 1.807) is 0 Å². The van der Waals surface area contributed by atoms with Crippen LogP contribution in [0, 0.1) is 0 Å². The number of benzene rings is 2. The van der Waals surface area contributed by atoms with Crippen LogP contribution in [0.1, 0.15) is 48.6 Å². The number of hydrogen-bond acceptors (Lipinski definition) is 1. The zero-order valence-electron chi connectivity index (χ0n) is 11.7. The van der Waals surface area contributed by atoms with Crippen LogP contribution in [0.25, 0.3) is 0 Å². The van der Waals surface area contributed by atoms with Crippen LogP contribution in [-0.2, 0) is 11.8 Å². The van der Waals surface area contributed by atoms with E-state index in [0.29, 0.717) is 0 Å². The molecule has 1 unspecified atom stereocenters. The second kappa shape index (κ2) is 4.50. The molecule has 0 saturated heterocycles. The van der Waals surface area contributed by atoms with E-state index >= 15 is 0 Å². The lowest BCUT2D eigenvalue weighted by Gasteiger charge is -2.18. The van der Waals surface area contributed by atoms with Crippen LogP contribution in [0.5, 0.6) is 0 Å². The number of hydrogen-bond donors (Lipinski definition) is 1. The van der Waals surface area contributed by atoms with Crippen molar-refractivity contribution in [1.29, 1.82) is 0 Å². The molecule has 1 nitrogen and oxygen atoms in total. The summed E-state index contributed by atoms with van der Waals surface area (Å²) >= 11 is 0. The Labute approximate surface area is 115 Å². The van der Waals surface area contributed by atoms with Gasteiger partial charge in [0.2, 0.25) is 0 Å². The summed E-state index contributed by atoms with van der Waals surface area (Å²) in [5.41, 5.74) is 12.0. The highest BCUT2D eigenvalue weighted by Crippen LogP contribution is 2.43. The van der Waals surface area contributed by atoms with Crippen LogP contribution in [0.4, 0.5) is 0 Å². The van der Waals surface area contributed by atoms with E-state index in [1.807, 2.05) is 0 Å². The van der Waals surface area contributed by atoms with E-state index in [0.717, 1.165) is 12.8 Å². The Bertz CT molecular complexity index is 584. The molecule has 0 heterocycles. The van der Waals surface area contributed by atoms with Gasteiger partial charge in [-0.25, -0.2) is 0 Å². The van der Waals surface area contributed by atoms with Crippen molar-refractivity contribution in [2.75, 3.05) is 0 Å². The smallest absolute Gasteiger partial charge is 0.0306 e. The molecule has 0 aromatic heterocycles. The molecule has 2 aromatic rings. The molecule has 1 heteroatoms. The first kappa shape index (κ1) is 12.4. The summed E-state index contributed by atoms with van der Waals surface area (Å²) in [5, 5.41) is 0. The van der Waals surface area contributed by atoms with Gasteiger partial charge in [-0.05, 0) is 40.5 Å². The molecule has 0 amide bonds. The SMILES string of the molecule is CC1(C)CC(N)c2cc(Cc3ccccc3)ccc21. The van der Waals surface area contributed by atoms with Crippen molar-refractivity contribution in [2.45, 2.75) is 38.1 Å². The van der Waals surface area contributed by atoms with Gasteiger partial charge in [-0.1, -0.05) is 62.4 Å². The molecular weight excluding hydrogens is 230 g/mol. The van der Waals surface area contributed by atoms with Gasteiger partial charge in [0.05, 0.1) is 0 Å². The Balaban J connectivity index is 1.93. The molecule has 98 valence electrons. The minimum absolute atomic E-state index is 0.195. The highest BCUT2D eigenvalue weighted by Gasteiger charge is 2.34. The minimum Gasteiger partial charge on any atom is -0.324 e. The van der Waals surface area contributed by atoms with E-state index in [1.165, 1.54) is 22.3 Å². The fraction of sp³-hybridized carbons (Fsp3) is 0.333. The highest BCUT2D eigenvalue weighted by molar-refractivity contribution is 5.44. The van der Waals surface area contributed by atoms with Gasteiger partial charge in [-0.2, -0.15) is 0 Å². The maximum absolute atomic E-state index is 6.28. The van der Waals surface area contributed by atoms with E-state index in [9.17, 15) is 0 Å². The van der Waals surface area contributed by atoms with Crippen LogP contribution < -0.4 is 5.73 Å². The van der Waals surface area contributed by atoms with Crippen LogP contribution in [0.3, 0.4) is 0 Å². The van der Waals surface area contributed by atoms with Gasteiger partial charge < -0.3 is 5.73 Å². The molecule has 0 aliphatic heterocycles. The molecule has 0 saturated carbocycles. The molecule has 3 rings (SSSR count). The highest BCUT2D eigenvalue weighted by atomic mass is 14.7. The third-order valence-electron chi connectivity index (χ3n) is 4.23. The number of nitrogens with two attached hydrogens (primary N) is 1. The van der Waals surface area contributed by atoms with Gasteiger partial charge in [-0.3, -0.25) is 0 Å². The maximum atomic E-state index is 6.28. The molecule has 0 spiro atoms. The second-order valence-corrected chi connectivity index (χ2v) is 6.28. The Morgan fingerprint density at radius 1 is 1.05 bits per heavy atom. The Kier molecular flexibility index (Phi) is 2.94. The number of rotatable bonds is 2. The first-order valence-corrected chi connectivity index (χ1v) is 6.99. The standard InChI is InChI=1S/C18H21N/c1-18(2)12-17(19)15-11-14(8-9-16(15)18)10-13-6-4-3-5-7-13/h3-9,11,17H,10,12,19H2,1-2H3. The van der Waals surface area contributed by atoms with Gasteiger partial charge in [0.15, 0.2) is 0 Å². The van der Waals surface area contributed by atoms with E-state index in [-0.39, 0.29) is 11.5 Å². The summed E-state index contributed by atoms with van der Waals surface area (Å²) in [7, 11) is 0. The van der Waals surface area contributed by atoms with Crippen molar-refractivity contribution >= 4 is 0 Å². The summed E-state index contributed by atoms with van der Waals surface area (Å²) in [6.07, 6.45) is 2.04. The lowest BCUT2D eigenvalue weighted by atomic mass is 9.86. The third kappa shape index (κ3) is 2.31. The molecule has 0 fully saturated rings. The zero-order valence-corrected chi connectivity index (χ0v) is 11.7. The van der Waals surface area contributed by atoms with Crippen LogP contribution in [0.2, 0.25) is 0 Å².